The lowest BCUT2D eigenvalue weighted by molar-refractivity contribution is -0.0228. The predicted molar refractivity (Wildman–Crippen MR) is 91.9 cm³/mol. The van der Waals surface area contributed by atoms with E-state index in [1.165, 1.54) is 12.1 Å². The third kappa shape index (κ3) is 3.44. The minimum Gasteiger partial charge on any atom is -0.399 e. The summed E-state index contributed by atoms with van der Waals surface area (Å²) in [6, 6.07) is 12.9. The Morgan fingerprint density at radius 3 is 2.48 bits per heavy atom. The second-order valence-corrected chi connectivity index (χ2v) is 6.20. The molecule has 0 saturated carbocycles. The minimum atomic E-state index is -0.204. The normalized spacial score (nSPS) is 18.0. The molecule has 1 heterocycles. The summed E-state index contributed by atoms with van der Waals surface area (Å²) >= 11 is 12.3. The molecule has 0 bridgehead atoms. The highest BCUT2D eigenvalue weighted by Gasteiger charge is 2.28. The zero-order valence-corrected chi connectivity index (χ0v) is 13.8. The maximum absolute atomic E-state index is 12.8. The quantitative estimate of drug-likeness (QED) is 0.838. The largest absolute Gasteiger partial charge is 0.399 e. The Bertz CT molecular complexity index is 699. The van der Waals surface area contributed by atoms with Gasteiger partial charge >= 0.3 is 0 Å². The first kappa shape index (κ1) is 16.1. The number of rotatable bonds is 2. The van der Waals surface area contributed by atoms with Crippen LogP contribution in [0.2, 0.25) is 10.0 Å². The van der Waals surface area contributed by atoms with Gasteiger partial charge in [0.2, 0.25) is 0 Å². The van der Waals surface area contributed by atoms with Gasteiger partial charge in [-0.3, -0.25) is 4.79 Å². The first-order chi connectivity index (χ1) is 11.1. The Hall–Kier alpha value is -1.75. The van der Waals surface area contributed by atoms with Crippen LogP contribution >= 0.6 is 23.2 Å². The highest BCUT2D eigenvalue weighted by molar-refractivity contribution is 6.40. The lowest BCUT2D eigenvalue weighted by atomic mass is 10.1. The van der Waals surface area contributed by atoms with E-state index in [9.17, 15) is 4.79 Å². The van der Waals surface area contributed by atoms with E-state index >= 15 is 0 Å². The highest BCUT2D eigenvalue weighted by Crippen LogP contribution is 2.30. The van der Waals surface area contributed by atoms with Crippen LogP contribution in [-0.4, -0.2) is 30.5 Å². The molecule has 0 aliphatic carbocycles. The minimum absolute atomic E-state index is 0.153. The summed E-state index contributed by atoms with van der Waals surface area (Å²) in [6.07, 6.45) is -0.153. The van der Waals surface area contributed by atoms with E-state index in [1.54, 1.807) is 4.90 Å². The Morgan fingerprint density at radius 1 is 1.17 bits per heavy atom. The molecule has 0 unspecified atom stereocenters. The van der Waals surface area contributed by atoms with Crippen LogP contribution in [0, 0.1) is 0 Å². The van der Waals surface area contributed by atoms with Gasteiger partial charge in [0.05, 0.1) is 28.8 Å². The molecule has 0 spiro atoms. The summed E-state index contributed by atoms with van der Waals surface area (Å²) < 4.78 is 5.78. The molecule has 6 heteroatoms. The summed E-state index contributed by atoms with van der Waals surface area (Å²) in [4.78, 5) is 14.5. The molecule has 2 aromatic rings. The number of nitrogens with zero attached hydrogens (tertiary/aromatic N) is 1. The van der Waals surface area contributed by atoms with E-state index in [1.807, 2.05) is 30.3 Å². The van der Waals surface area contributed by atoms with Crippen LogP contribution in [0.3, 0.4) is 0 Å². The third-order valence-corrected chi connectivity index (χ3v) is 4.40. The van der Waals surface area contributed by atoms with Crippen molar-refractivity contribution in [2.75, 3.05) is 25.4 Å². The number of hydrogen-bond donors (Lipinski definition) is 1. The fourth-order valence-corrected chi connectivity index (χ4v) is 3.32. The first-order valence-corrected chi connectivity index (χ1v) is 8.02. The number of carbonyl (C=O) groups is 1. The van der Waals surface area contributed by atoms with Crippen LogP contribution in [0.5, 0.6) is 0 Å². The van der Waals surface area contributed by atoms with Gasteiger partial charge in [0.25, 0.3) is 5.91 Å². The summed E-state index contributed by atoms with van der Waals surface area (Å²) in [5.74, 6) is -0.204. The number of nitrogen functional groups attached to an aromatic ring is 1. The Morgan fingerprint density at radius 2 is 1.83 bits per heavy atom. The topological polar surface area (TPSA) is 55.6 Å². The summed E-state index contributed by atoms with van der Waals surface area (Å²) in [7, 11) is 0. The van der Waals surface area contributed by atoms with Gasteiger partial charge < -0.3 is 15.4 Å². The molecule has 1 atom stereocenters. The lowest BCUT2D eigenvalue weighted by Crippen LogP contribution is -2.42. The molecule has 0 radical (unpaired) electrons. The molecule has 1 fully saturated rings. The molecule has 2 aromatic carbocycles. The Labute approximate surface area is 144 Å². The van der Waals surface area contributed by atoms with Crippen molar-refractivity contribution in [2.45, 2.75) is 6.10 Å². The molecule has 0 aromatic heterocycles. The van der Waals surface area contributed by atoms with Gasteiger partial charge in [-0.2, -0.15) is 0 Å². The Balaban J connectivity index is 1.83. The van der Waals surface area contributed by atoms with Gasteiger partial charge in [0, 0.05) is 12.2 Å². The van der Waals surface area contributed by atoms with Crippen molar-refractivity contribution in [1.82, 2.24) is 4.90 Å². The number of anilines is 1. The van der Waals surface area contributed by atoms with Crippen LogP contribution in [-0.2, 0) is 4.74 Å². The highest BCUT2D eigenvalue weighted by atomic mass is 35.5. The number of amides is 1. The fraction of sp³-hybridized carbons (Fsp3) is 0.235. The second kappa shape index (κ2) is 6.79. The van der Waals surface area contributed by atoms with Gasteiger partial charge in [-0.25, -0.2) is 0 Å². The van der Waals surface area contributed by atoms with E-state index in [0.29, 0.717) is 25.4 Å². The number of hydrogen-bond acceptors (Lipinski definition) is 3. The predicted octanol–water partition coefficient (Wildman–Crippen LogP) is 3.79. The Kier molecular flexibility index (Phi) is 4.76. The summed E-state index contributed by atoms with van der Waals surface area (Å²) in [6.45, 7) is 1.43. The zero-order valence-electron chi connectivity index (χ0n) is 12.3. The van der Waals surface area contributed by atoms with E-state index < -0.39 is 0 Å². The molecular formula is C17H16Cl2N2O2. The van der Waals surface area contributed by atoms with Crippen molar-refractivity contribution >= 4 is 34.8 Å². The molecule has 2 N–H and O–H groups in total. The van der Waals surface area contributed by atoms with Gasteiger partial charge in [-0.05, 0) is 17.7 Å². The maximum atomic E-state index is 12.8. The zero-order chi connectivity index (χ0) is 16.4. The number of nitrogens with two attached hydrogens (primary N) is 1. The van der Waals surface area contributed by atoms with Crippen molar-refractivity contribution in [2.24, 2.45) is 0 Å². The van der Waals surface area contributed by atoms with Crippen LogP contribution < -0.4 is 5.73 Å². The van der Waals surface area contributed by atoms with E-state index in [0.717, 1.165) is 5.56 Å². The van der Waals surface area contributed by atoms with E-state index in [-0.39, 0.29) is 27.6 Å². The first-order valence-electron chi connectivity index (χ1n) is 7.26. The molecule has 1 saturated heterocycles. The smallest absolute Gasteiger partial charge is 0.257 e. The molecular weight excluding hydrogens is 335 g/mol. The standard InChI is InChI=1S/C17H16Cl2N2O2/c18-13-8-12(20)9-14(19)16(13)17(22)21-6-7-23-15(10-21)11-4-2-1-3-5-11/h1-5,8-9,15H,6-7,10,20H2/t15-/m1/s1. The third-order valence-electron chi connectivity index (χ3n) is 3.80. The number of halogens is 2. The van der Waals surface area contributed by atoms with Crippen molar-refractivity contribution < 1.29 is 9.53 Å². The monoisotopic (exact) mass is 350 g/mol. The van der Waals surface area contributed by atoms with Crippen LogP contribution in [0.1, 0.15) is 22.0 Å². The molecule has 120 valence electrons. The van der Waals surface area contributed by atoms with Crippen molar-refractivity contribution in [3.8, 4) is 0 Å². The van der Waals surface area contributed by atoms with Gasteiger partial charge in [0.1, 0.15) is 6.10 Å². The number of ether oxygens (including phenoxy) is 1. The van der Waals surface area contributed by atoms with E-state index in [4.69, 9.17) is 33.7 Å². The summed E-state index contributed by atoms with van der Waals surface area (Å²) in [5.41, 5.74) is 7.45. The number of morpholine rings is 1. The van der Waals surface area contributed by atoms with Gasteiger partial charge in [-0.1, -0.05) is 53.5 Å². The lowest BCUT2D eigenvalue weighted by Gasteiger charge is -2.33. The van der Waals surface area contributed by atoms with E-state index in [2.05, 4.69) is 0 Å². The molecule has 1 aliphatic heterocycles. The number of carbonyl (C=O) groups excluding carboxylic acids is 1. The van der Waals surface area contributed by atoms with Crippen molar-refractivity contribution in [3.05, 3.63) is 63.6 Å². The van der Waals surface area contributed by atoms with Gasteiger partial charge in [0.15, 0.2) is 0 Å². The maximum Gasteiger partial charge on any atom is 0.257 e. The average molecular weight is 351 g/mol. The average Bonchev–Trinajstić information content (AvgIpc) is 2.55. The fourth-order valence-electron chi connectivity index (χ4n) is 2.66. The summed E-state index contributed by atoms with van der Waals surface area (Å²) in [5, 5.41) is 0.533. The number of benzene rings is 2. The SMILES string of the molecule is Nc1cc(Cl)c(C(=O)N2CCO[C@@H](c3ccccc3)C2)c(Cl)c1. The van der Waals surface area contributed by atoms with Crippen LogP contribution in [0.25, 0.3) is 0 Å². The molecule has 23 heavy (non-hydrogen) atoms. The van der Waals surface area contributed by atoms with Crippen LogP contribution in [0.15, 0.2) is 42.5 Å². The molecule has 3 rings (SSSR count). The van der Waals surface area contributed by atoms with Crippen molar-refractivity contribution in [1.29, 1.82) is 0 Å². The molecule has 4 nitrogen and oxygen atoms in total. The second-order valence-electron chi connectivity index (χ2n) is 5.38. The van der Waals surface area contributed by atoms with Crippen LogP contribution in [0.4, 0.5) is 5.69 Å². The van der Waals surface area contributed by atoms with Gasteiger partial charge in [-0.15, -0.1) is 0 Å². The van der Waals surface area contributed by atoms with Crippen molar-refractivity contribution in [3.63, 3.8) is 0 Å². The molecule has 1 amide bonds. The molecule has 1 aliphatic rings.